The van der Waals surface area contributed by atoms with Crippen LogP contribution in [0.4, 0.5) is 0 Å². The highest BCUT2D eigenvalue weighted by atomic mass is 16.5. The lowest BCUT2D eigenvalue weighted by Crippen LogP contribution is -1.99. The molecule has 0 heterocycles. The van der Waals surface area contributed by atoms with Crippen LogP contribution < -0.4 is 4.74 Å². The Morgan fingerprint density at radius 1 is 1.54 bits per heavy atom. The van der Waals surface area contributed by atoms with Crippen molar-refractivity contribution in [3.05, 3.63) is 23.8 Å². The van der Waals surface area contributed by atoms with Crippen LogP contribution >= 0.6 is 0 Å². The number of ether oxygens (including phenoxy) is 1. The lowest BCUT2D eigenvalue weighted by molar-refractivity contribution is -0.116. The molecule has 1 rings (SSSR count). The zero-order chi connectivity index (χ0) is 9.84. The van der Waals surface area contributed by atoms with E-state index < -0.39 is 0 Å². The first kappa shape index (κ1) is 9.58. The summed E-state index contributed by atoms with van der Waals surface area (Å²) < 4.78 is 5.01. The summed E-state index contributed by atoms with van der Waals surface area (Å²) in [5.41, 5.74) is 0.553. The highest BCUT2D eigenvalue weighted by Gasteiger charge is 2.09. The van der Waals surface area contributed by atoms with Crippen molar-refractivity contribution in [3.63, 3.8) is 0 Å². The maximum absolute atomic E-state index is 10.9. The molecule has 0 saturated carbocycles. The van der Waals surface area contributed by atoms with Crippen molar-refractivity contribution in [2.24, 2.45) is 0 Å². The third kappa shape index (κ3) is 2.21. The first-order valence-electron chi connectivity index (χ1n) is 3.99. The number of hydrogen-bond acceptors (Lipinski definition) is 3. The van der Waals surface area contributed by atoms with Gasteiger partial charge in [0, 0.05) is 12.0 Å². The maximum Gasteiger partial charge on any atom is 0.134 e. The Hall–Kier alpha value is -1.51. The zero-order valence-corrected chi connectivity index (χ0v) is 7.70. The highest BCUT2D eigenvalue weighted by Crippen LogP contribution is 2.27. The Kier molecular flexibility index (Phi) is 2.90. The van der Waals surface area contributed by atoms with E-state index in [1.807, 2.05) is 0 Å². The number of aromatic hydroxyl groups is 1. The van der Waals surface area contributed by atoms with E-state index in [1.165, 1.54) is 14.0 Å². The van der Waals surface area contributed by atoms with Crippen LogP contribution in [0.2, 0.25) is 0 Å². The molecule has 70 valence electrons. The molecule has 0 unspecified atom stereocenters. The van der Waals surface area contributed by atoms with Gasteiger partial charge >= 0.3 is 0 Å². The number of ketones is 1. The summed E-state index contributed by atoms with van der Waals surface area (Å²) in [4.78, 5) is 10.9. The van der Waals surface area contributed by atoms with Crippen LogP contribution in [0.3, 0.4) is 0 Å². The van der Waals surface area contributed by atoms with Crippen LogP contribution in [-0.4, -0.2) is 18.0 Å². The van der Waals surface area contributed by atoms with Crippen molar-refractivity contribution in [2.75, 3.05) is 7.11 Å². The van der Waals surface area contributed by atoms with Crippen molar-refractivity contribution < 1.29 is 14.6 Å². The molecule has 0 aliphatic heterocycles. The molecule has 0 spiro atoms. The zero-order valence-electron chi connectivity index (χ0n) is 7.70. The van der Waals surface area contributed by atoms with E-state index in [0.717, 1.165) is 0 Å². The lowest BCUT2D eigenvalue weighted by atomic mass is 10.1. The molecule has 0 radical (unpaired) electrons. The van der Waals surface area contributed by atoms with E-state index >= 15 is 0 Å². The molecule has 0 aromatic heterocycles. The summed E-state index contributed by atoms with van der Waals surface area (Å²) in [7, 11) is 1.51. The molecule has 0 atom stereocenters. The smallest absolute Gasteiger partial charge is 0.134 e. The van der Waals surface area contributed by atoms with E-state index in [9.17, 15) is 9.90 Å². The molecule has 3 nitrogen and oxygen atoms in total. The third-order valence-corrected chi connectivity index (χ3v) is 1.75. The van der Waals surface area contributed by atoms with Crippen LogP contribution in [0.5, 0.6) is 11.5 Å². The van der Waals surface area contributed by atoms with Gasteiger partial charge in [-0.15, -0.1) is 0 Å². The van der Waals surface area contributed by atoms with E-state index in [2.05, 4.69) is 0 Å². The van der Waals surface area contributed by atoms with Crippen LogP contribution in [0.15, 0.2) is 18.2 Å². The Morgan fingerprint density at radius 2 is 2.23 bits per heavy atom. The monoisotopic (exact) mass is 180 g/mol. The molecule has 0 fully saturated rings. The Bertz CT molecular complexity index is 318. The van der Waals surface area contributed by atoms with Crippen LogP contribution in [-0.2, 0) is 11.2 Å². The summed E-state index contributed by atoms with van der Waals surface area (Å²) in [6, 6.07) is 4.94. The van der Waals surface area contributed by atoms with Crippen LogP contribution in [0.25, 0.3) is 0 Å². The fourth-order valence-electron chi connectivity index (χ4n) is 1.17. The van der Waals surface area contributed by atoms with Gasteiger partial charge in [-0.25, -0.2) is 0 Å². The van der Waals surface area contributed by atoms with E-state index in [-0.39, 0.29) is 18.0 Å². The van der Waals surface area contributed by atoms with Crippen LogP contribution in [0, 0.1) is 0 Å². The average molecular weight is 180 g/mol. The molecule has 13 heavy (non-hydrogen) atoms. The van der Waals surface area contributed by atoms with Crippen molar-refractivity contribution in [3.8, 4) is 11.5 Å². The van der Waals surface area contributed by atoms with Gasteiger partial charge < -0.3 is 9.84 Å². The molecule has 1 N–H and O–H groups in total. The van der Waals surface area contributed by atoms with Crippen molar-refractivity contribution in [2.45, 2.75) is 13.3 Å². The van der Waals surface area contributed by atoms with Crippen molar-refractivity contribution in [1.82, 2.24) is 0 Å². The molecule has 0 bridgehead atoms. The van der Waals surface area contributed by atoms with E-state index in [0.29, 0.717) is 11.3 Å². The second-order valence-corrected chi connectivity index (χ2v) is 2.84. The molecular formula is C10H12O3. The third-order valence-electron chi connectivity index (χ3n) is 1.75. The normalized spacial score (nSPS) is 9.69. The molecule has 0 amide bonds. The number of phenolic OH excluding ortho intramolecular Hbond substituents is 1. The number of rotatable bonds is 3. The van der Waals surface area contributed by atoms with Crippen molar-refractivity contribution >= 4 is 5.78 Å². The number of Topliss-reactive ketones (excluding diaryl/α,β-unsaturated/α-hetero) is 1. The summed E-state index contributed by atoms with van der Waals surface area (Å²) >= 11 is 0. The fourth-order valence-corrected chi connectivity index (χ4v) is 1.17. The lowest BCUT2D eigenvalue weighted by Gasteiger charge is -2.07. The summed E-state index contributed by atoms with van der Waals surface area (Å²) in [6.45, 7) is 1.48. The van der Waals surface area contributed by atoms with E-state index in [4.69, 9.17) is 4.74 Å². The quantitative estimate of drug-likeness (QED) is 0.767. The van der Waals surface area contributed by atoms with Gasteiger partial charge in [-0.2, -0.15) is 0 Å². The summed E-state index contributed by atoms with van der Waals surface area (Å²) in [6.07, 6.45) is 0.204. The van der Waals surface area contributed by atoms with Gasteiger partial charge in [-0.1, -0.05) is 6.07 Å². The number of methoxy groups -OCH3 is 1. The average Bonchev–Trinajstić information content (AvgIpc) is 2.08. The Balaban J connectivity index is 3.07. The Labute approximate surface area is 77.0 Å². The molecule has 3 heteroatoms. The molecule has 0 aliphatic rings. The highest BCUT2D eigenvalue weighted by molar-refractivity contribution is 5.79. The minimum absolute atomic E-state index is 0.000185. The first-order valence-corrected chi connectivity index (χ1v) is 3.99. The number of phenols is 1. The molecular weight excluding hydrogens is 168 g/mol. The van der Waals surface area contributed by atoms with Crippen LogP contribution in [0.1, 0.15) is 12.5 Å². The van der Waals surface area contributed by atoms with Gasteiger partial charge in [0.15, 0.2) is 0 Å². The molecule has 0 saturated heterocycles. The number of benzene rings is 1. The second-order valence-electron chi connectivity index (χ2n) is 2.84. The fraction of sp³-hybridized carbons (Fsp3) is 0.300. The Morgan fingerprint density at radius 3 is 2.77 bits per heavy atom. The van der Waals surface area contributed by atoms with Gasteiger partial charge in [-0.05, 0) is 19.1 Å². The van der Waals surface area contributed by atoms with Gasteiger partial charge in [0.05, 0.1) is 7.11 Å². The summed E-state index contributed by atoms with van der Waals surface area (Å²) in [5.74, 6) is 0.657. The summed E-state index contributed by atoms with van der Waals surface area (Å²) in [5, 5.41) is 9.44. The molecule has 1 aromatic carbocycles. The van der Waals surface area contributed by atoms with Crippen molar-refractivity contribution in [1.29, 1.82) is 0 Å². The molecule has 1 aromatic rings. The standard InChI is InChI=1S/C10H12O3/c1-7(11)6-8-9(12)4-3-5-10(8)13-2/h3-5,12H,6H2,1-2H3. The van der Waals surface area contributed by atoms with E-state index in [1.54, 1.807) is 18.2 Å². The van der Waals surface area contributed by atoms with Gasteiger partial charge in [-0.3, -0.25) is 4.79 Å². The van der Waals surface area contributed by atoms with Gasteiger partial charge in [0.25, 0.3) is 0 Å². The minimum atomic E-state index is -0.000185. The number of hydrogen-bond donors (Lipinski definition) is 1. The SMILES string of the molecule is COc1cccc(O)c1CC(C)=O. The maximum atomic E-state index is 10.9. The molecule has 0 aliphatic carbocycles. The predicted octanol–water partition coefficient (Wildman–Crippen LogP) is 1.53. The van der Waals surface area contributed by atoms with Gasteiger partial charge in [0.2, 0.25) is 0 Å². The topological polar surface area (TPSA) is 46.5 Å². The first-order chi connectivity index (χ1) is 6.15. The number of carbonyl (C=O) groups excluding carboxylic acids is 1. The number of carbonyl (C=O) groups is 1. The largest absolute Gasteiger partial charge is 0.508 e. The second kappa shape index (κ2) is 3.94. The minimum Gasteiger partial charge on any atom is -0.508 e. The van der Waals surface area contributed by atoms with Gasteiger partial charge in [0.1, 0.15) is 17.3 Å². The predicted molar refractivity (Wildman–Crippen MR) is 49.0 cm³/mol.